The summed E-state index contributed by atoms with van der Waals surface area (Å²) in [5, 5.41) is 0.566. The number of benzene rings is 1. The maximum Gasteiger partial charge on any atom is 0.269 e. The summed E-state index contributed by atoms with van der Waals surface area (Å²) in [6.45, 7) is 2.67. The molecule has 1 fully saturated rings. The van der Waals surface area contributed by atoms with E-state index >= 15 is 0 Å². The van der Waals surface area contributed by atoms with E-state index in [4.69, 9.17) is 28.6 Å². The Morgan fingerprint density at radius 1 is 1.16 bits per heavy atom. The topological polar surface area (TPSA) is 63.9 Å². The van der Waals surface area contributed by atoms with E-state index < -0.39 is 0 Å². The number of hydrogen-bond acceptors (Lipinski definition) is 6. The zero-order chi connectivity index (χ0) is 22.7. The molecule has 0 saturated carbocycles. The lowest BCUT2D eigenvalue weighted by Crippen LogP contribution is -2.29. The van der Waals surface area contributed by atoms with Crippen molar-refractivity contribution in [2.45, 2.75) is 26.2 Å². The third-order valence-corrected chi connectivity index (χ3v) is 6.53. The monoisotopic (exact) mass is 485 g/mol. The first-order valence-corrected chi connectivity index (χ1v) is 11.8. The Hall–Kier alpha value is -2.68. The Kier molecular flexibility index (Phi) is 6.93. The average Bonchev–Trinajstić information content (AvgIpc) is 3.05. The Bertz CT molecular complexity index is 1270. The van der Waals surface area contributed by atoms with Gasteiger partial charge in [0.2, 0.25) is 5.88 Å². The summed E-state index contributed by atoms with van der Waals surface area (Å²) in [6.07, 6.45) is 6.10. The van der Waals surface area contributed by atoms with Crippen molar-refractivity contribution in [1.82, 2.24) is 14.3 Å². The van der Waals surface area contributed by atoms with Crippen LogP contribution in [0.15, 0.2) is 58.4 Å². The van der Waals surface area contributed by atoms with E-state index in [1.807, 2.05) is 0 Å². The van der Waals surface area contributed by atoms with Crippen LogP contribution in [0.3, 0.4) is 0 Å². The number of nitrogens with zero attached hydrogens (tertiary/aromatic N) is 3. The highest BCUT2D eigenvalue weighted by Gasteiger charge is 2.32. The van der Waals surface area contributed by atoms with Crippen molar-refractivity contribution in [3.63, 3.8) is 0 Å². The summed E-state index contributed by atoms with van der Waals surface area (Å²) in [5.41, 5.74) is 0.277. The number of thiocarbonyl (C=S) groups is 1. The van der Waals surface area contributed by atoms with Crippen LogP contribution in [0.5, 0.6) is 11.6 Å². The number of hydrogen-bond donors (Lipinski definition) is 0. The van der Waals surface area contributed by atoms with Crippen molar-refractivity contribution in [1.29, 1.82) is 0 Å². The van der Waals surface area contributed by atoms with E-state index in [2.05, 4.69) is 11.9 Å². The smallest absolute Gasteiger partial charge is 0.269 e. The van der Waals surface area contributed by atoms with Crippen LogP contribution in [-0.4, -0.2) is 31.1 Å². The first kappa shape index (κ1) is 22.5. The molecule has 3 aromatic rings. The number of aromatic nitrogens is 2. The third-order valence-electron chi connectivity index (χ3n) is 4.90. The summed E-state index contributed by atoms with van der Waals surface area (Å²) in [7, 11) is 0. The number of thioether (sulfide) groups is 1. The number of carbonyl (C=O) groups excluding carboxylic acids is 1. The zero-order valence-electron chi connectivity index (χ0n) is 17.3. The van der Waals surface area contributed by atoms with Gasteiger partial charge in [0.1, 0.15) is 21.3 Å². The lowest BCUT2D eigenvalue weighted by atomic mass is 10.2. The second-order valence-electron chi connectivity index (χ2n) is 7.16. The van der Waals surface area contributed by atoms with Crippen LogP contribution in [0, 0.1) is 0 Å². The summed E-state index contributed by atoms with van der Waals surface area (Å²) >= 11 is 12.6. The molecule has 32 heavy (non-hydrogen) atoms. The zero-order valence-corrected chi connectivity index (χ0v) is 19.7. The SMILES string of the molecule is CCCCCN1C(=O)C(=Cc2c(Oc3ccc(Cl)cc3)nc3ccccn3c2=O)SC1=S. The molecule has 164 valence electrons. The van der Waals surface area contributed by atoms with Crippen LogP contribution in [0.2, 0.25) is 5.02 Å². The molecule has 1 aliphatic heterocycles. The van der Waals surface area contributed by atoms with E-state index in [1.54, 1.807) is 53.6 Å². The summed E-state index contributed by atoms with van der Waals surface area (Å²) in [4.78, 5) is 32.7. The van der Waals surface area contributed by atoms with Crippen molar-refractivity contribution in [2.24, 2.45) is 0 Å². The largest absolute Gasteiger partial charge is 0.438 e. The van der Waals surface area contributed by atoms with Crippen molar-refractivity contribution in [3.05, 3.63) is 74.5 Å². The molecule has 0 radical (unpaired) electrons. The Morgan fingerprint density at radius 2 is 1.94 bits per heavy atom. The van der Waals surface area contributed by atoms with Gasteiger partial charge in [-0.05, 0) is 48.9 Å². The molecule has 1 aliphatic rings. The number of rotatable bonds is 7. The lowest BCUT2D eigenvalue weighted by Gasteiger charge is -2.13. The number of unbranched alkanes of at least 4 members (excludes halogenated alkanes) is 2. The first-order valence-electron chi connectivity index (χ1n) is 10.2. The molecular weight excluding hydrogens is 466 g/mol. The van der Waals surface area contributed by atoms with Crippen LogP contribution >= 0.6 is 35.6 Å². The molecule has 0 bridgehead atoms. The number of fused-ring (bicyclic) bond motifs is 1. The Labute approximate surface area is 199 Å². The van der Waals surface area contributed by atoms with Gasteiger partial charge in [-0.1, -0.05) is 61.4 Å². The molecule has 1 aromatic carbocycles. The van der Waals surface area contributed by atoms with Gasteiger partial charge in [-0.15, -0.1) is 0 Å². The Morgan fingerprint density at radius 3 is 2.69 bits per heavy atom. The highest BCUT2D eigenvalue weighted by Crippen LogP contribution is 2.34. The fraction of sp³-hybridized carbons (Fsp3) is 0.217. The lowest BCUT2D eigenvalue weighted by molar-refractivity contribution is -0.122. The first-order chi connectivity index (χ1) is 15.5. The number of ether oxygens (including phenoxy) is 1. The third kappa shape index (κ3) is 4.72. The van der Waals surface area contributed by atoms with Gasteiger partial charge in [-0.25, -0.2) is 0 Å². The molecule has 6 nitrogen and oxygen atoms in total. The van der Waals surface area contributed by atoms with Gasteiger partial charge in [0, 0.05) is 17.8 Å². The molecular formula is C23H20ClN3O3S2. The van der Waals surface area contributed by atoms with Crippen LogP contribution in [0.4, 0.5) is 0 Å². The fourth-order valence-electron chi connectivity index (χ4n) is 3.24. The van der Waals surface area contributed by atoms with Gasteiger partial charge in [-0.3, -0.25) is 18.9 Å². The summed E-state index contributed by atoms with van der Waals surface area (Å²) < 4.78 is 7.85. The molecule has 0 atom stereocenters. The maximum absolute atomic E-state index is 13.3. The van der Waals surface area contributed by atoms with Gasteiger partial charge in [0.15, 0.2) is 0 Å². The summed E-state index contributed by atoms with van der Waals surface area (Å²) in [5.74, 6) is 0.384. The minimum atomic E-state index is -0.337. The van der Waals surface area contributed by atoms with E-state index in [0.717, 1.165) is 19.3 Å². The fourth-order valence-corrected chi connectivity index (χ4v) is 4.66. The van der Waals surface area contributed by atoms with Crippen molar-refractivity contribution < 1.29 is 9.53 Å². The molecule has 0 unspecified atom stereocenters. The molecule has 0 N–H and O–H groups in total. The van der Waals surface area contributed by atoms with Gasteiger partial charge in [0.25, 0.3) is 11.5 Å². The van der Waals surface area contributed by atoms with Crippen molar-refractivity contribution in [2.75, 3.05) is 6.54 Å². The predicted molar refractivity (Wildman–Crippen MR) is 132 cm³/mol. The molecule has 2 aromatic heterocycles. The standard InChI is InChI=1S/C23H20ClN3O3S2/c1-2-3-5-13-27-22(29)18(32-23(27)31)14-17-20(30-16-10-8-15(24)9-11-16)25-19-7-4-6-12-26(19)21(17)28/h4,6-12,14H,2-3,5,13H2,1H3. The minimum Gasteiger partial charge on any atom is -0.438 e. The molecule has 3 heterocycles. The number of pyridine rings is 1. The molecule has 0 aliphatic carbocycles. The second kappa shape index (κ2) is 9.85. The van der Waals surface area contributed by atoms with E-state index in [1.165, 1.54) is 22.2 Å². The van der Waals surface area contributed by atoms with E-state index in [-0.39, 0.29) is 22.9 Å². The van der Waals surface area contributed by atoms with E-state index in [9.17, 15) is 9.59 Å². The molecule has 0 spiro atoms. The molecule has 9 heteroatoms. The molecule has 1 saturated heterocycles. The van der Waals surface area contributed by atoms with Crippen molar-refractivity contribution in [3.8, 4) is 11.6 Å². The van der Waals surface area contributed by atoms with Crippen LogP contribution in [-0.2, 0) is 4.79 Å². The van der Waals surface area contributed by atoms with Gasteiger partial charge in [-0.2, -0.15) is 4.98 Å². The van der Waals surface area contributed by atoms with Gasteiger partial charge in [0.05, 0.1) is 4.91 Å². The quantitative estimate of drug-likeness (QED) is 0.249. The van der Waals surface area contributed by atoms with Gasteiger partial charge >= 0.3 is 0 Å². The van der Waals surface area contributed by atoms with Crippen LogP contribution in [0.1, 0.15) is 31.7 Å². The number of halogens is 1. The highest BCUT2D eigenvalue weighted by molar-refractivity contribution is 8.26. The number of amides is 1. The van der Waals surface area contributed by atoms with E-state index in [0.29, 0.717) is 32.2 Å². The van der Waals surface area contributed by atoms with Crippen LogP contribution < -0.4 is 10.3 Å². The average molecular weight is 486 g/mol. The minimum absolute atomic E-state index is 0.111. The van der Waals surface area contributed by atoms with Crippen LogP contribution in [0.25, 0.3) is 11.7 Å². The Balaban J connectivity index is 1.76. The number of carbonyl (C=O) groups is 1. The molecule has 1 amide bonds. The predicted octanol–water partition coefficient (Wildman–Crippen LogP) is 5.53. The van der Waals surface area contributed by atoms with Gasteiger partial charge < -0.3 is 4.74 Å². The molecule has 4 rings (SSSR count). The van der Waals surface area contributed by atoms with Crippen molar-refractivity contribution >= 4 is 57.5 Å². The maximum atomic E-state index is 13.3. The highest BCUT2D eigenvalue weighted by atomic mass is 35.5. The summed E-state index contributed by atoms with van der Waals surface area (Å²) in [6, 6.07) is 12.0. The normalized spacial score (nSPS) is 15.2. The second-order valence-corrected chi connectivity index (χ2v) is 9.27.